The molecule has 3 N–H and O–H groups in total. The zero-order chi connectivity index (χ0) is 14.7. The van der Waals surface area contributed by atoms with Crippen molar-refractivity contribution in [2.24, 2.45) is 0 Å². The first-order chi connectivity index (χ1) is 8.65. The topological polar surface area (TPSA) is 70.1 Å². The lowest BCUT2D eigenvalue weighted by Crippen LogP contribution is -2.51. The van der Waals surface area contributed by atoms with Gasteiger partial charge in [0.15, 0.2) is 0 Å². The van der Waals surface area contributed by atoms with Gasteiger partial charge in [0.1, 0.15) is 5.82 Å². The van der Waals surface area contributed by atoms with E-state index < -0.39 is 11.1 Å². The Balaban J connectivity index is 2.92. The van der Waals surface area contributed by atoms with Crippen LogP contribution in [0.2, 0.25) is 0 Å². The van der Waals surface area contributed by atoms with Crippen molar-refractivity contribution in [1.82, 2.24) is 9.97 Å². The highest BCUT2D eigenvalue weighted by atomic mass is 16.3. The van der Waals surface area contributed by atoms with Crippen LogP contribution in [0.3, 0.4) is 0 Å². The van der Waals surface area contributed by atoms with E-state index in [1.807, 2.05) is 26.8 Å². The molecule has 0 saturated carbocycles. The molecule has 19 heavy (non-hydrogen) atoms. The minimum Gasteiger partial charge on any atom is -0.388 e. The van der Waals surface area contributed by atoms with Crippen molar-refractivity contribution in [3.05, 3.63) is 11.8 Å². The molecule has 0 radical (unpaired) electrons. The summed E-state index contributed by atoms with van der Waals surface area (Å²) in [7, 11) is 0. The monoisotopic (exact) mass is 266 g/mol. The average molecular weight is 266 g/mol. The van der Waals surface area contributed by atoms with Gasteiger partial charge in [0.05, 0.1) is 11.1 Å². The van der Waals surface area contributed by atoms with Crippen molar-refractivity contribution in [2.45, 2.75) is 59.1 Å². The Kier molecular flexibility index (Phi) is 4.74. The van der Waals surface area contributed by atoms with Gasteiger partial charge in [-0.25, -0.2) is 4.98 Å². The molecule has 0 spiro atoms. The SMILES string of the molecule is CCCNc1nc(C)cc(NC(C)(C)C(C)(C)O)n1. The average Bonchev–Trinajstić information content (AvgIpc) is 2.23. The molecule has 0 fully saturated rings. The molecule has 0 aliphatic carbocycles. The predicted octanol–water partition coefficient (Wildman–Crippen LogP) is 2.57. The summed E-state index contributed by atoms with van der Waals surface area (Å²) in [5, 5.41) is 16.6. The fourth-order valence-corrected chi connectivity index (χ4v) is 1.42. The van der Waals surface area contributed by atoms with E-state index in [0.717, 1.165) is 24.5 Å². The van der Waals surface area contributed by atoms with Crippen molar-refractivity contribution >= 4 is 11.8 Å². The normalized spacial score (nSPS) is 12.4. The molecule has 0 atom stereocenters. The minimum absolute atomic E-state index is 0.490. The summed E-state index contributed by atoms with van der Waals surface area (Å²) in [6, 6.07) is 1.88. The van der Waals surface area contributed by atoms with Gasteiger partial charge in [-0.05, 0) is 41.0 Å². The van der Waals surface area contributed by atoms with Crippen molar-refractivity contribution in [1.29, 1.82) is 0 Å². The third kappa shape index (κ3) is 4.35. The molecule has 0 aliphatic heterocycles. The first kappa shape index (κ1) is 15.7. The summed E-state index contributed by atoms with van der Waals surface area (Å²) in [5.74, 6) is 1.34. The Bertz CT molecular complexity index is 424. The molecule has 1 heterocycles. The van der Waals surface area contributed by atoms with E-state index in [4.69, 9.17) is 0 Å². The van der Waals surface area contributed by atoms with Crippen LogP contribution in [0.5, 0.6) is 0 Å². The maximum Gasteiger partial charge on any atom is 0.224 e. The van der Waals surface area contributed by atoms with Gasteiger partial charge in [-0.2, -0.15) is 4.98 Å². The molecule has 1 aromatic rings. The van der Waals surface area contributed by atoms with Crippen LogP contribution in [0.4, 0.5) is 11.8 Å². The van der Waals surface area contributed by atoms with Gasteiger partial charge < -0.3 is 15.7 Å². The zero-order valence-corrected chi connectivity index (χ0v) is 12.8. The van der Waals surface area contributed by atoms with E-state index in [-0.39, 0.29) is 0 Å². The molecule has 0 unspecified atom stereocenters. The number of nitrogens with one attached hydrogen (secondary N) is 2. The highest BCUT2D eigenvalue weighted by Gasteiger charge is 2.35. The smallest absolute Gasteiger partial charge is 0.224 e. The zero-order valence-electron chi connectivity index (χ0n) is 12.8. The van der Waals surface area contributed by atoms with Crippen LogP contribution >= 0.6 is 0 Å². The van der Waals surface area contributed by atoms with Gasteiger partial charge in [-0.3, -0.25) is 0 Å². The Labute approximate surface area is 115 Å². The molecule has 0 saturated heterocycles. The standard InChI is InChI=1S/C14H26N4O/c1-7-8-15-12-16-10(2)9-11(17-12)18-13(3,4)14(5,6)19/h9,19H,7-8H2,1-6H3,(H2,15,16,17,18). The molecule has 0 aromatic carbocycles. The lowest BCUT2D eigenvalue weighted by atomic mass is 9.86. The summed E-state index contributed by atoms with van der Waals surface area (Å²) < 4.78 is 0. The van der Waals surface area contributed by atoms with Gasteiger partial charge in [-0.15, -0.1) is 0 Å². The van der Waals surface area contributed by atoms with E-state index in [9.17, 15) is 5.11 Å². The van der Waals surface area contributed by atoms with Gasteiger partial charge in [0.25, 0.3) is 0 Å². The molecule has 0 amide bonds. The number of hydrogen-bond acceptors (Lipinski definition) is 5. The van der Waals surface area contributed by atoms with Crippen LogP contribution in [0, 0.1) is 6.92 Å². The molecular formula is C14H26N4O. The minimum atomic E-state index is -0.858. The van der Waals surface area contributed by atoms with Gasteiger partial charge in [0.2, 0.25) is 5.95 Å². The summed E-state index contributed by atoms with van der Waals surface area (Å²) >= 11 is 0. The van der Waals surface area contributed by atoms with Crippen LogP contribution in [0.25, 0.3) is 0 Å². The summed E-state index contributed by atoms with van der Waals surface area (Å²) in [6.45, 7) is 12.3. The maximum atomic E-state index is 10.2. The second kappa shape index (κ2) is 5.74. The summed E-state index contributed by atoms with van der Waals surface area (Å²) in [6.07, 6.45) is 1.02. The molecule has 0 aliphatic rings. The molecule has 0 bridgehead atoms. The number of aliphatic hydroxyl groups is 1. The maximum absolute atomic E-state index is 10.2. The second-order valence-electron chi connectivity index (χ2n) is 5.95. The largest absolute Gasteiger partial charge is 0.388 e. The Morgan fingerprint density at radius 3 is 2.37 bits per heavy atom. The number of hydrogen-bond donors (Lipinski definition) is 3. The molecule has 5 heteroatoms. The van der Waals surface area contributed by atoms with E-state index in [1.54, 1.807) is 13.8 Å². The highest BCUT2D eigenvalue weighted by Crippen LogP contribution is 2.25. The van der Waals surface area contributed by atoms with Crippen LogP contribution in [0.1, 0.15) is 46.7 Å². The van der Waals surface area contributed by atoms with Crippen molar-refractivity contribution in [2.75, 3.05) is 17.2 Å². The van der Waals surface area contributed by atoms with Gasteiger partial charge in [-0.1, -0.05) is 6.92 Å². The van der Waals surface area contributed by atoms with E-state index in [0.29, 0.717) is 5.95 Å². The van der Waals surface area contributed by atoms with Gasteiger partial charge in [0, 0.05) is 18.3 Å². The predicted molar refractivity (Wildman–Crippen MR) is 79.5 cm³/mol. The van der Waals surface area contributed by atoms with Crippen LogP contribution in [0.15, 0.2) is 6.07 Å². The van der Waals surface area contributed by atoms with E-state index >= 15 is 0 Å². The van der Waals surface area contributed by atoms with Crippen LogP contribution < -0.4 is 10.6 Å². The molecule has 1 rings (SSSR count). The fraction of sp³-hybridized carbons (Fsp3) is 0.714. The first-order valence-electron chi connectivity index (χ1n) is 6.76. The Morgan fingerprint density at radius 2 is 1.84 bits per heavy atom. The van der Waals surface area contributed by atoms with Crippen LogP contribution in [-0.4, -0.2) is 32.8 Å². The lowest BCUT2D eigenvalue weighted by Gasteiger charge is -2.38. The first-order valence-corrected chi connectivity index (χ1v) is 6.76. The van der Waals surface area contributed by atoms with Crippen molar-refractivity contribution in [3.8, 4) is 0 Å². The quantitative estimate of drug-likeness (QED) is 0.738. The third-order valence-electron chi connectivity index (χ3n) is 3.36. The fourth-order valence-electron chi connectivity index (χ4n) is 1.42. The van der Waals surface area contributed by atoms with Gasteiger partial charge >= 0.3 is 0 Å². The molecule has 108 valence electrons. The number of aromatic nitrogens is 2. The molecular weight excluding hydrogens is 240 g/mol. The second-order valence-corrected chi connectivity index (χ2v) is 5.95. The lowest BCUT2D eigenvalue weighted by molar-refractivity contribution is 0.0239. The highest BCUT2D eigenvalue weighted by molar-refractivity contribution is 5.44. The van der Waals surface area contributed by atoms with Crippen LogP contribution in [-0.2, 0) is 0 Å². The summed E-state index contributed by atoms with van der Waals surface area (Å²) in [4.78, 5) is 8.76. The number of anilines is 2. The van der Waals surface area contributed by atoms with E-state index in [2.05, 4.69) is 27.5 Å². The molecule has 1 aromatic heterocycles. The Hall–Kier alpha value is -1.36. The third-order valence-corrected chi connectivity index (χ3v) is 3.36. The van der Waals surface area contributed by atoms with E-state index in [1.165, 1.54) is 0 Å². The summed E-state index contributed by atoms with van der Waals surface area (Å²) in [5.41, 5.74) is -0.457. The van der Waals surface area contributed by atoms with Crippen molar-refractivity contribution < 1.29 is 5.11 Å². The van der Waals surface area contributed by atoms with Crippen molar-refractivity contribution in [3.63, 3.8) is 0 Å². The number of aryl methyl sites for hydroxylation is 1. The molecule has 5 nitrogen and oxygen atoms in total. The number of rotatable bonds is 6. The Morgan fingerprint density at radius 1 is 1.21 bits per heavy atom. The number of nitrogens with zero attached hydrogens (tertiary/aromatic N) is 2.